The van der Waals surface area contributed by atoms with E-state index in [2.05, 4.69) is 44.8 Å². The van der Waals surface area contributed by atoms with Crippen LogP contribution in [0.1, 0.15) is 27.5 Å². The lowest BCUT2D eigenvalue weighted by molar-refractivity contribution is -0.120. The minimum Gasteiger partial charge on any atom is -0.378 e. The van der Waals surface area contributed by atoms with Gasteiger partial charge in [-0.2, -0.15) is 0 Å². The number of fused-ring (bicyclic) bond motifs is 1. The topological polar surface area (TPSA) is 86.8 Å². The maximum Gasteiger partial charge on any atom is 0.255 e. The van der Waals surface area contributed by atoms with Gasteiger partial charge in [0.1, 0.15) is 6.04 Å². The summed E-state index contributed by atoms with van der Waals surface area (Å²) >= 11 is 1.34. The van der Waals surface area contributed by atoms with Gasteiger partial charge in [0.15, 0.2) is 5.13 Å². The number of hydrogen-bond acceptors (Lipinski definition) is 7. The molecule has 9 heteroatoms. The Labute approximate surface area is 224 Å². The summed E-state index contributed by atoms with van der Waals surface area (Å²) in [4.78, 5) is 35.0. The van der Waals surface area contributed by atoms with Gasteiger partial charge in [-0.1, -0.05) is 30.3 Å². The van der Waals surface area contributed by atoms with Crippen LogP contribution in [0.25, 0.3) is 0 Å². The van der Waals surface area contributed by atoms with Crippen LogP contribution in [0.4, 0.5) is 22.2 Å². The smallest absolute Gasteiger partial charge is 0.255 e. The molecular formula is C29H27N5O3S. The van der Waals surface area contributed by atoms with Gasteiger partial charge in [0, 0.05) is 53.8 Å². The predicted molar refractivity (Wildman–Crippen MR) is 149 cm³/mol. The van der Waals surface area contributed by atoms with Gasteiger partial charge in [-0.05, 0) is 53.6 Å². The molecule has 6 rings (SSSR count). The van der Waals surface area contributed by atoms with Crippen LogP contribution in [-0.4, -0.2) is 48.0 Å². The second-order valence-electron chi connectivity index (χ2n) is 9.22. The zero-order chi connectivity index (χ0) is 25.9. The molecule has 2 amide bonds. The fraction of sp³-hybridized carbons (Fsp3) is 0.207. The largest absolute Gasteiger partial charge is 0.378 e. The number of rotatable bonds is 7. The van der Waals surface area contributed by atoms with Crippen LogP contribution in [-0.2, 0) is 16.1 Å². The molecule has 0 saturated carbocycles. The van der Waals surface area contributed by atoms with Crippen molar-refractivity contribution in [3.05, 3.63) is 101 Å². The highest BCUT2D eigenvalue weighted by Gasteiger charge is 2.37. The average molecular weight is 526 g/mol. The number of thiazole rings is 1. The number of carbonyl (C=O) groups is 2. The molecule has 0 spiro atoms. The number of nitrogens with zero attached hydrogens (tertiary/aromatic N) is 3. The van der Waals surface area contributed by atoms with Gasteiger partial charge in [-0.3, -0.25) is 14.9 Å². The van der Waals surface area contributed by atoms with Crippen LogP contribution < -0.4 is 15.5 Å². The summed E-state index contributed by atoms with van der Waals surface area (Å²) in [6, 6.07) is 22.7. The summed E-state index contributed by atoms with van der Waals surface area (Å²) in [7, 11) is 0. The van der Waals surface area contributed by atoms with Gasteiger partial charge in [0.2, 0.25) is 0 Å². The molecule has 2 aliphatic rings. The van der Waals surface area contributed by atoms with Gasteiger partial charge in [0.05, 0.1) is 13.2 Å². The molecule has 0 unspecified atom stereocenters. The second-order valence-corrected chi connectivity index (χ2v) is 10.1. The number of hydrogen-bond donors (Lipinski definition) is 2. The van der Waals surface area contributed by atoms with Gasteiger partial charge in [-0.25, -0.2) is 4.98 Å². The SMILES string of the molecule is O=C(Nc1nccs1)[C@@H](c1ccccc1)N1Cc2cc(Nc3ccc(N4CCOCC4)cc3)ccc2C1=O. The first-order valence-electron chi connectivity index (χ1n) is 12.5. The van der Waals surface area contributed by atoms with E-state index in [1.807, 2.05) is 48.5 Å². The monoisotopic (exact) mass is 525 g/mol. The summed E-state index contributed by atoms with van der Waals surface area (Å²) in [5.41, 5.74) is 5.28. The number of carbonyl (C=O) groups excluding carboxylic acids is 2. The zero-order valence-electron chi connectivity index (χ0n) is 20.7. The van der Waals surface area contributed by atoms with Crippen LogP contribution in [0.2, 0.25) is 0 Å². The third kappa shape index (κ3) is 4.98. The minimum absolute atomic E-state index is 0.162. The number of nitrogens with one attached hydrogen (secondary N) is 2. The highest BCUT2D eigenvalue weighted by Crippen LogP contribution is 2.34. The maximum atomic E-state index is 13.5. The number of benzene rings is 3. The number of ether oxygens (including phenoxy) is 1. The molecule has 8 nitrogen and oxygen atoms in total. The lowest BCUT2D eigenvalue weighted by Crippen LogP contribution is -2.37. The van der Waals surface area contributed by atoms with E-state index >= 15 is 0 Å². The standard InChI is InChI=1S/C29H27N5O3S/c35-27(32-29-30-12-17-38-29)26(20-4-2-1-3-5-20)34-19-21-18-23(8-11-25(21)28(34)36)31-22-6-9-24(10-7-22)33-13-15-37-16-14-33/h1-12,17-18,26,31H,13-16,19H2,(H,30,32,35)/t26-/m1/s1. The van der Waals surface area contributed by atoms with Crippen molar-refractivity contribution in [3.63, 3.8) is 0 Å². The van der Waals surface area contributed by atoms with Gasteiger partial charge < -0.3 is 19.9 Å². The predicted octanol–water partition coefficient (Wildman–Crippen LogP) is 5.06. The first kappa shape index (κ1) is 24.1. The maximum absolute atomic E-state index is 13.5. The molecule has 1 saturated heterocycles. The Kier molecular flexibility index (Phi) is 6.76. The van der Waals surface area contributed by atoms with E-state index in [0.29, 0.717) is 17.2 Å². The number of aromatic nitrogens is 1. The molecule has 1 fully saturated rings. The first-order valence-corrected chi connectivity index (χ1v) is 13.4. The van der Waals surface area contributed by atoms with Crippen molar-refractivity contribution in [2.75, 3.05) is 41.8 Å². The molecule has 0 radical (unpaired) electrons. The normalized spacial score (nSPS) is 15.7. The van der Waals surface area contributed by atoms with E-state index in [-0.39, 0.29) is 11.8 Å². The van der Waals surface area contributed by atoms with Crippen molar-refractivity contribution in [2.24, 2.45) is 0 Å². The third-order valence-electron chi connectivity index (χ3n) is 6.81. The number of morpholine rings is 1. The van der Waals surface area contributed by atoms with E-state index in [0.717, 1.165) is 48.8 Å². The van der Waals surface area contributed by atoms with Crippen LogP contribution >= 0.6 is 11.3 Å². The highest BCUT2D eigenvalue weighted by molar-refractivity contribution is 7.13. The van der Waals surface area contributed by atoms with Crippen molar-refractivity contribution < 1.29 is 14.3 Å². The second kappa shape index (κ2) is 10.6. The third-order valence-corrected chi connectivity index (χ3v) is 7.50. The minimum atomic E-state index is -0.774. The van der Waals surface area contributed by atoms with Gasteiger partial charge in [0.25, 0.3) is 11.8 Å². The van der Waals surface area contributed by atoms with Crippen molar-refractivity contribution in [3.8, 4) is 0 Å². The van der Waals surface area contributed by atoms with E-state index in [1.165, 1.54) is 17.0 Å². The summed E-state index contributed by atoms with van der Waals surface area (Å²) in [6.45, 7) is 3.64. The van der Waals surface area contributed by atoms with E-state index in [9.17, 15) is 9.59 Å². The average Bonchev–Trinajstić information content (AvgIpc) is 3.58. The van der Waals surface area contributed by atoms with E-state index < -0.39 is 6.04 Å². The fourth-order valence-electron chi connectivity index (χ4n) is 4.94. The molecular weight excluding hydrogens is 498 g/mol. The molecule has 3 heterocycles. The summed E-state index contributed by atoms with van der Waals surface area (Å²) in [5.74, 6) is -0.449. The van der Waals surface area contributed by atoms with Gasteiger partial charge in [-0.15, -0.1) is 11.3 Å². The molecule has 192 valence electrons. The Morgan fingerprint density at radius 2 is 1.74 bits per heavy atom. The summed E-state index contributed by atoms with van der Waals surface area (Å²) in [5, 5.41) is 8.62. The molecule has 0 aliphatic carbocycles. The molecule has 4 aromatic rings. The van der Waals surface area contributed by atoms with Crippen molar-refractivity contribution in [2.45, 2.75) is 12.6 Å². The molecule has 1 atom stereocenters. The van der Waals surface area contributed by atoms with Crippen molar-refractivity contribution in [1.29, 1.82) is 0 Å². The number of anilines is 4. The Morgan fingerprint density at radius 1 is 0.974 bits per heavy atom. The Bertz CT molecular complexity index is 1420. The Hall–Kier alpha value is -4.21. The lowest BCUT2D eigenvalue weighted by atomic mass is 10.0. The number of amides is 2. The van der Waals surface area contributed by atoms with Crippen LogP contribution in [0.5, 0.6) is 0 Å². The summed E-state index contributed by atoms with van der Waals surface area (Å²) in [6.07, 6.45) is 1.64. The lowest BCUT2D eigenvalue weighted by Gasteiger charge is -2.29. The van der Waals surface area contributed by atoms with Crippen LogP contribution in [0.15, 0.2) is 84.4 Å². The quantitative estimate of drug-likeness (QED) is 0.351. The van der Waals surface area contributed by atoms with Crippen molar-refractivity contribution >= 4 is 45.3 Å². The highest BCUT2D eigenvalue weighted by atomic mass is 32.1. The van der Waals surface area contributed by atoms with Crippen molar-refractivity contribution in [1.82, 2.24) is 9.88 Å². The van der Waals surface area contributed by atoms with E-state index in [1.54, 1.807) is 16.5 Å². The van der Waals surface area contributed by atoms with Crippen LogP contribution in [0.3, 0.4) is 0 Å². The van der Waals surface area contributed by atoms with E-state index in [4.69, 9.17) is 4.74 Å². The molecule has 2 aliphatic heterocycles. The molecule has 3 aromatic carbocycles. The summed E-state index contributed by atoms with van der Waals surface area (Å²) < 4.78 is 5.45. The molecule has 1 aromatic heterocycles. The Balaban J connectivity index is 1.20. The molecule has 2 N–H and O–H groups in total. The van der Waals surface area contributed by atoms with Crippen LogP contribution in [0, 0.1) is 0 Å². The first-order chi connectivity index (χ1) is 18.7. The molecule has 0 bridgehead atoms. The molecule has 38 heavy (non-hydrogen) atoms. The zero-order valence-corrected chi connectivity index (χ0v) is 21.5. The van der Waals surface area contributed by atoms with Gasteiger partial charge >= 0.3 is 0 Å². The Morgan fingerprint density at radius 3 is 2.47 bits per heavy atom. The fourth-order valence-corrected chi connectivity index (χ4v) is 5.47.